The van der Waals surface area contributed by atoms with Crippen LogP contribution in [0.25, 0.3) is 0 Å². The molecule has 4 aliphatic carbocycles. The number of hydrogen-bond acceptors (Lipinski definition) is 15. The summed E-state index contributed by atoms with van der Waals surface area (Å²) in [5.74, 6) is 4.39. The van der Waals surface area contributed by atoms with Gasteiger partial charge in [-0.1, -0.05) is 39.3 Å². The van der Waals surface area contributed by atoms with Crippen LogP contribution >= 0.6 is 0 Å². The standard InChI is InChI=1S/C45H73NO14/c1-19-7-10-28-20(2)31-29(46(28)17-19)16-27-25-9-8-23-15-24(11-13-44(23,5)26(25)12-14-45(27,31)6)57-42-38(54)36(52)39(30(18-47)58-42)59-43-40(35(51)33(49)22(4)56-43)60-41-37(53)34(50)32(48)21(3)55-41/h8,19-22,24-43,47-54H,7,9-18H2,1-6H3/t19?,20?,21-,22-,24-,25?,26?,27?,28?,29?,30+,31?,32-,33-,34+,35+,36+,37+,38+,39+,40+,41+,42+,43+,44-,45-/m0/s1. The molecule has 15 nitrogen and oxygen atoms in total. The van der Waals surface area contributed by atoms with E-state index in [1.165, 1.54) is 58.1 Å². The highest BCUT2D eigenvalue weighted by molar-refractivity contribution is 5.27. The topological polar surface area (TPSA) is 220 Å². The van der Waals surface area contributed by atoms with Crippen molar-refractivity contribution in [1.82, 2.24) is 4.90 Å². The van der Waals surface area contributed by atoms with Crippen molar-refractivity contribution in [2.75, 3.05) is 13.2 Å². The molecule has 0 bridgehead atoms. The third kappa shape index (κ3) is 7.11. The molecule has 26 atom stereocenters. The maximum absolute atomic E-state index is 11.5. The van der Waals surface area contributed by atoms with Crippen molar-refractivity contribution in [3.63, 3.8) is 0 Å². The van der Waals surface area contributed by atoms with Crippen LogP contribution in [0.4, 0.5) is 0 Å². The number of rotatable bonds is 7. The van der Waals surface area contributed by atoms with Gasteiger partial charge in [0.15, 0.2) is 18.9 Å². The van der Waals surface area contributed by atoms with Gasteiger partial charge in [0.25, 0.3) is 0 Å². The molecule has 3 saturated carbocycles. The van der Waals surface area contributed by atoms with E-state index in [0.717, 1.165) is 55.0 Å². The lowest BCUT2D eigenvalue weighted by molar-refractivity contribution is -0.386. The largest absolute Gasteiger partial charge is 0.394 e. The van der Waals surface area contributed by atoms with E-state index >= 15 is 0 Å². The minimum absolute atomic E-state index is 0.0796. The van der Waals surface area contributed by atoms with Crippen molar-refractivity contribution >= 4 is 0 Å². The molecule has 5 heterocycles. The zero-order valence-electron chi connectivity index (χ0n) is 36.2. The van der Waals surface area contributed by atoms with Gasteiger partial charge in [-0.3, -0.25) is 4.90 Å². The summed E-state index contributed by atoms with van der Waals surface area (Å²) in [5, 5.41) is 86.3. The monoisotopic (exact) mass is 852 g/mol. The van der Waals surface area contributed by atoms with E-state index in [9.17, 15) is 40.9 Å². The number of nitrogens with zero attached hydrogens (tertiary/aromatic N) is 1. The van der Waals surface area contributed by atoms with Crippen LogP contribution in [0.1, 0.15) is 99.3 Å². The minimum atomic E-state index is -1.72. The highest BCUT2D eigenvalue weighted by atomic mass is 16.8. The first-order chi connectivity index (χ1) is 28.5. The van der Waals surface area contributed by atoms with Gasteiger partial charge in [-0.2, -0.15) is 0 Å². The SMILES string of the molecule is CC1CCC2C(C)C3C(CC4C5CC=C6C[C@@H](O[C@@H]7O[C@H](CO)[C@@H](O[C@H]8O[C@@H](C)[C@H](O)[C@@H](O)[C@H]8O[C@H]8O[C@@H](C)[C@H](O)[C@@H](O)[C@H]8O)[C@H](O)[C@H]7O)CC[C@]6(C)C5CC[C@@]43C)N2C1. The van der Waals surface area contributed by atoms with E-state index in [1.54, 1.807) is 0 Å². The molecule has 9 rings (SSSR count). The van der Waals surface area contributed by atoms with Gasteiger partial charge in [-0.05, 0) is 118 Å². The van der Waals surface area contributed by atoms with E-state index in [1.807, 2.05) is 0 Å². The Bertz CT molecular complexity index is 1570. The van der Waals surface area contributed by atoms with Crippen molar-refractivity contribution in [1.29, 1.82) is 0 Å². The molecule has 8 fully saturated rings. The first-order valence-corrected chi connectivity index (χ1v) is 23.2. The van der Waals surface area contributed by atoms with Gasteiger partial charge in [-0.15, -0.1) is 0 Å². The fourth-order valence-corrected chi connectivity index (χ4v) is 14.7. The van der Waals surface area contributed by atoms with Crippen LogP contribution in [-0.4, -0.2) is 169 Å². The Hall–Kier alpha value is -0.860. The number of aliphatic hydroxyl groups excluding tert-OH is 8. The number of ether oxygens (including phenoxy) is 6. The third-order valence-corrected chi connectivity index (χ3v) is 18.0. The molecule has 8 unspecified atom stereocenters. The fourth-order valence-electron chi connectivity index (χ4n) is 14.7. The van der Waals surface area contributed by atoms with Gasteiger partial charge in [0.2, 0.25) is 0 Å². The Kier molecular flexibility index (Phi) is 12.2. The second-order valence-electron chi connectivity index (χ2n) is 21.2. The molecule has 0 spiro atoms. The van der Waals surface area contributed by atoms with Crippen LogP contribution in [0.2, 0.25) is 0 Å². The Morgan fingerprint density at radius 1 is 0.683 bits per heavy atom. The van der Waals surface area contributed by atoms with Crippen LogP contribution in [0.15, 0.2) is 11.6 Å². The van der Waals surface area contributed by atoms with Crippen molar-refractivity contribution in [2.24, 2.45) is 46.3 Å². The maximum Gasteiger partial charge on any atom is 0.187 e. The number of aliphatic hydroxyl groups is 8. The van der Waals surface area contributed by atoms with Crippen molar-refractivity contribution in [3.05, 3.63) is 11.6 Å². The molecule has 60 heavy (non-hydrogen) atoms. The molecule has 0 aromatic carbocycles. The zero-order valence-corrected chi connectivity index (χ0v) is 36.2. The van der Waals surface area contributed by atoms with Crippen molar-refractivity contribution < 1.29 is 69.3 Å². The van der Waals surface area contributed by atoms with Gasteiger partial charge in [0, 0.05) is 18.6 Å². The quantitative estimate of drug-likeness (QED) is 0.169. The van der Waals surface area contributed by atoms with Crippen LogP contribution in [0.5, 0.6) is 0 Å². The summed E-state index contributed by atoms with van der Waals surface area (Å²) in [6.45, 7) is 13.7. The summed E-state index contributed by atoms with van der Waals surface area (Å²) in [4.78, 5) is 2.95. The molecule has 0 radical (unpaired) electrons. The fraction of sp³-hybridized carbons (Fsp3) is 0.956. The molecule has 5 aliphatic heterocycles. The molecule has 5 saturated heterocycles. The van der Waals surface area contributed by atoms with E-state index in [2.05, 4.69) is 38.7 Å². The Morgan fingerprint density at radius 3 is 2.07 bits per heavy atom. The summed E-state index contributed by atoms with van der Waals surface area (Å²) in [7, 11) is 0. The lowest BCUT2D eigenvalue weighted by Crippen LogP contribution is -2.66. The molecule has 8 N–H and O–H groups in total. The highest BCUT2D eigenvalue weighted by Gasteiger charge is 2.66. The van der Waals surface area contributed by atoms with E-state index < -0.39 is 98.7 Å². The van der Waals surface area contributed by atoms with Gasteiger partial charge >= 0.3 is 0 Å². The first kappa shape index (κ1) is 44.3. The van der Waals surface area contributed by atoms with E-state index in [4.69, 9.17) is 28.4 Å². The average molecular weight is 852 g/mol. The normalized spacial score (nSPS) is 58.1. The lowest BCUT2D eigenvalue weighted by Gasteiger charge is -2.58. The first-order valence-electron chi connectivity index (χ1n) is 23.2. The molecule has 0 amide bonds. The van der Waals surface area contributed by atoms with Gasteiger partial charge in [-0.25, -0.2) is 0 Å². The average Bonchev–Trinajstić information content (AvgIpc) is 3.69. The number of hydrogen-bond donors (Lipinski definition) is 8. The predicted octanol–water partition coefficient (Wildman–Crippen LogP) is 1.18. The molecule has 342 valence electrons. The molecule has 0 aromatic rings. The summed E-state index contributed by atoms with van der Waals surface area (Å²) in [5.41, 5.74) is 1.89. The molecular weight excluding hydrogens is 778 g/mol. The summed E-state index contributed by atoms with van der Waals surface area (Å²) in [6.07, 6.45) is -9.05. The zero-order chi connectivity index (χ0) is 42.7. The Balaban J connectivity index is 0.852. The maximum atomic E-state index is 11.5. The summed E-state index contributed by atoms with van der Waals surface area (Å²) in [6, 6.07) is 1.49. The van der Waals surface area contributed by atoms with Crippen LogP contribution in [0.3, 0.4) is 0 Å². The van der Waals surface area contributed by atoms with Crippen LogP contribution < -0.4 is 0 Å². The third-order valence-electron chi connectivity index (χ3n) is 18.0. The minimum Gasteiger partial charge on any atom is -0.394 e. The van der Waals surface area contributed by atoms with E-state index in [-0.39, 0.29) is 11.5 Å². The van der Waals surface area contributed by atoms with Gasteiger partial charge in [0.1, 0.15) is 61.0 Å². The smallest absolute Gasteiger partial charge is 0.187 e. The van der Waals surface area contributed by atoms with Crippen LogP contribution in [-0.2, 0) is 28.4 Å². The Morgan fingerprint density at radius 2 is 1.33 bits per heavy atom. The highest BCUT2D eigenvalue weighted by Crippen LogP contribution is 2.70. The number of fused-ring (bicyclic) bond motifs is 9. The molecule has 9 aliphatic rings. The van der Waals surface area contributed by atoms with Gasteiger partial charge in [0.05, 0.1) is 24.9 Å². The van der Waals surface area contributed by atoms with Crippen LogP contribution in [0, 0.1) is 46.3 Å². The van der Waals surface area contributed by atoms with Crippen molar-refractivity contribution in [2.45, 2.75) is 210 Å². The number of piperidine rings is 1. The molecular formula is C45H73NO14. The summed E-state index contributed by atoms with van der Waals surface area (Å²) >= 11 is 0. The predicted molar refractivity (Wildman–Crippen MR) is 214 cm³/mol. The second kappa shape index (κ2) is 16.5. The van der Waals surface area contributed by atoms with E-state index in [0.29, 0.717) is 23.7 Å². The van der Waals surface area contributed by atoms with Crippen molar-refractivity contribution in [3.8, 4) is 0 Å². The molecule has 0 aromatic heterocycles. The molecule has 15 heteroatoms. The lowest BCUT2D eigenvalue weighted by atomic mass is 9.47. The second-order valence-corrected chi connectivity index (χ2v) is 21.2. The van der Waals surface area contributed by atoms with Gasteiger partial charge < -0.3 is 69.3 Å². The Labute approximate surface area is 354 Å². The summed E-state index contributed by atoms with van der Waals surface area (Å²) < 4.78 is 36.0. The number of allylic oxidation sites excluding steroid dienone is 1.